The lowest BCUT2D eigenvalue weighted by Gasteiger charge is -2.56. The molecular formula is C20H33NO. The van der Waals surface area contributed by atoms with Crippen LogP contribution in [0.1, 0.15) is 72.1 Å². The maximum atomic E-state index is 10.0. The second-order valence-corrected chi connectivity index (χ2v) is 9.41. The highest BCUT2D eigenvalue weighted by molar-refractivity contribution is 5.28. The summed E-state index contributed by atoms with van der Waals surface area (Å²) < 4.78 is 0. The van der Waals surface area contributed by atoms with E-state index in [0.29, 0.717) is 5.41 Å². The van der Waals surface area contributed by atoms with E-state index in [4.69, 9.17) is 5.73 Å². The van der Waals surface area contributed by atoms with E-state index in [2.05, 4.69) is 20.8 Å². The molecule has 0 radical (unpaired) electrons. The van der Waals surface area contributed by atoms with Crippen LogP contribution in [0, 0.1) is 29.1 Å². The molecule has 0 aromatic carbocycles. The van der Waals surface area contributed by atoms with Gasteiger partial charge >= 0.3 is 0 Å². The van der Waals surface area contributed by atoms with Gasteiger partial charge in [-0.1, -0.05) is 25.0 Å². The average Bonchev–Trinajstić information content (AvgIpc) is 2.69. The zero-order chi connectivity index (χ0) is 15.7. The van der Waals surface area contributed by atoms with E-state index >= 15 is 0 Å². The lowest BCUT2D eigenvalue weighted by atomic mass is 9.50. The van der Waals surface area contributed by atoms with Gasteiger partial charge in [0.2, 0.25) is 0 Å². The number of aliphatic hydroxyl groups excluding tert-OH is 1. The van der Waals surface area contributed by atoms with Crippen molar-refractivity contribution in [3.05, 3.63) is 11.1 Å². The first kappa shape index (κ1) is 15.2. The number of fused-ring (bicyclic) bond motifs is 4. The summed E-state index contributed by atoms with van der Waals surface area (Å²) in [5, 5.41) is 10.0. The fraction of sp³-hybridized carbons (Fsp3) is 0.900. The topological polar surface area (TPSA) is 46.2 Å². The standard InChI is InChI=1S/C20H33NO/c1-12-10-13-11-14(22)4-5-15(13)16-6-8-19(2)17(18(12)16)7-9-20(19,3)21/h12,14,16-18,22H,4-11,21H2,1-3H3/t12-,14?,16?,17?,18?,19?,20?/m1/s1. The molecule has 124 valence electrons. The van der Waals surface area contributed by atoms with E-state index in [9.17, 15) is 5.11 Å². The Morgan fingerprint density at radius 2 is 1.86 bits per heavy atom. The van der Waals surface area contributed by atoms with E-state index in [1.54, 1.807) is 11.1 Å². The largest absolute Gasteiger partial charge is 0.393 e. The maximum absolute atomic E-state index is 10.0. The van der Waals surface area contributed by atoms with Crippen molar-refractivity contribution < 1.29 is 5.11 Å². The molecule has 22 heavy (non-hydrogen) atoms. The summed E-state index contributed by atoms with van der Waals surface area (Å²) in [6, 6.07) is 0. The molecule has 6 unspecified atom stereocenters. The number of aliphatic hydroxyl groups is 1. The van der Waals surface area contributed by atoms with Crippen molar-refractivity contribution in [3.8, 4) is 0 Å². The van der Waals surface area contributed by atoms with Crippen molar-refractivity contribution in [2.45, 2.75) is 83.8 Å². The van der Waals surface area contributed by atoms with Gasteiger partial charge in [-0.25, -0.2) is 0 Å². The van der Waals surface area contributed by atoms with Crippen LogP contribution in [0.25, 0.3) is 0 Å². The third-order valence-corrected chi connectivity index (χ3v) is 8.36. The number of allylic oxidation sites excluding steroid dienone is 1. The number of hydrogen-bond donors (Lipinski definition) is 2. The first-order chi connectivity index (χ1) is 10.3. The van der Waals surface area contributed by atoms with Crippen LogP contribution in [0.5, 0.6) is 0 Å². The molecule has 0 aliphatic heterocycles. The van der Waals surface area contributed by atoms with Crippen LogP contribution in [-0.2, 0) is 0 Å². The molecule has 0 aromatic heterocycles. The van der Waals surface area contributed by atoms with E-state index in [0.717, 1.165) is 42.9 Å². The fourth-order valence-corrected chi connectivity index (χ4v) is 6.90. The Balaban J connectivity index is 1.70. The van der Waals surface area contributed by atoms with Crippen molar-refractivity contribution in [1.82, 2.24) is 0 Å². The average molecular weight is 303 g/mol. The van der Waals surface area contributed by atoms with Crippen LogP contribution >= 0.6 is 0 Å². The van der Waals surface area contributed by atoms with Gasteiger partial charge in [0.15, 0.2) is 0 Å². The minimum absolute atomic E-state index is 0.0276. The molecule has 0 saturated heterocycles. The molecular weight excluding hydrogens is 270 g/mol. The van der Waals surface area contributed by atoms with Crippen LogP contribution in [0.2, 0.25) is 0 Å². The Labute approximate surface area is 135 Å². The zero-order valence-electron chi connectivity index (χ0n) is 14.6. The highest BCUT2D eigenvalue weighted by atomic mass is 16.3. The molecule has 2 saturated carbocycles. The minimum atomic E-state index is -0.0739. The summed E-state index contributed by atoms with van der Waals surface area (Å²) >= 11 is 0. The molecule has 3 N–H and O–H groups in total. The van der Waals surface area contributed by atoms with Gasteiger partial charge in [-0.2, -0.15) is 0 Å². The Bertz CT molecular complexity index is 508. The number of hydrogen-bond acceptors (Lipinski definition) is 2. The molecule has 0 aromatic rings. The zero-order valence-corrected chi connectivity index (χ0v) is 14.6. The molecule has 2 heteroatoms. The van der Waals surface area contributed by atoms with Gasteiger partial charge in [-0.05, 0) is 87.4 Å². The van der Waals surface area contributed by atoms with Crippen LogP contribution in [0.4, 0.5) is 0 Å². The highest BCUT2D eigenvalue weighted by Crippen LogP contribution is 2.64. The summed E-state index contributed by atoms with van der Waals surface area (Å²) in [7, 11) is 0. The predicted molar refractivity (Wildman–Crippen MR) is 90.3 cm³/mol. The first-order valence-electron chi connectivity index (χ1n) is 9.51. The summed E-state index contributed by atoms with van der Waals surface area (Å²) in [5.41, 5.74) is 10.5. The Morgan fingerprint density at radius 1 is 1.09 bits per heavy atom. The van der Waals surface area contributed by atoms with E-state index < -0.39 is 0 Å². The molecule has 4 aliphatic carbocycles. The highest BCUT2D eigenvalue weighted by Gasteiger charge is 2.59. The first-order valence-corrected chi connectivity index (χ1v) is 9.51. The van der Waals surface area contributed by atoms with Crippen LogP contribution in [0.3, 0.4) is 0 Å². The molecule has 2 nitrogen and oxygen atoms in total. The maximum Gasteiger partial charge on any atom is 0.0580 e. The molecule has 4 aliphatic rings. The summed E-state index contributed by atoms with van der Waals surface area (Å²) in [6.45, 7) is 7.27. The third kappa shape index (κ3) is 1.92. The summed E-state index contributed by atoms with van der Waals surface area (Å²) in [6.07, 6.45) is 9.45. The van der Waals surface area contributed by atoms with Crippen molar-refractivity contribution >= 4 is 0 Å². The molecule has 2 fully saturated rings. The fourth-order valence-electron chi connectivity index (χ4n) is 6.90. The normalized spacial score (nSPS) is 54.7. The number of rotatable bonds is 0. The molecule has 0 amide bonds. The van der Waals surface area contributed by atoms with Gasteiger partial charge < -0.3 is 10.8 Å². The second kappa shape index (κ2) is 4.83. The SMILES string of the molecule is C[C@@H]1CC2=C(CCC(O)C2)C2CCC3(C)C(CCC3(C)N)C21. The molecule has 0 heterocycles. The lowest BCUT2D eigenvalue weighted by Crippen LogP contribution is -2.55. The minimum Gasteiger partial charge on any atom is -0.393 e. The lowest BCUT2D eigenvalue weighted by molar-refractivity contribution is -0.0175. The smallest absolute Gasteiger partial charge is 0.0580 e. The van der Waals surface area contributed by atoms with Crippen LogP contribution in [0.15, 0.2) is 11.1 Å². The van der Waals surface area contributed by atoms with Gasteiger partial charge in [0.1, 0.15) is 0 Å². The van der Waals surface area contributed by atoms with E-state index in [-0.39, 0.29) is 11.6 Å². The molecule has 7 atom stereocenters. The van der Waals surface area contributed by atoms with Gasteiger partial charge in [0, 0.05) is 5.54 Å². The van der Waals surface area contributed by atoms with Crippen molar-refractivity contribution in [2.24, 2.45) is 34.8 Å². The van der Waals surface area contributed by atoms with Gasteiger partial charge in [0.25, 0.3) is 0 Å². The Kier molecular flexibility index (Phi) is 3.34. The van der Waals surface area contributed by atoms with E-state index in [1.807, 2.05) is 0 Å². The van der Waals surface area contributed by atoms with Crippen molar-refractivity contribution in [3.63, 3.8) is 0 Å². The summed E-state index contributed by atoms with van der Waals surface area (Å²) in [5.74, 6) is 3.24. The van der Waals surface area contributed by atoms with Gasteiger partial charge in [-0.3, -0.25) is 0 Å². The van der Waals surface area contributed by atoms with Crippen LogP contribution < -0.4 is 5.73 Å². The van der Waals surface area contributed by atoms with Crippen LogP contribution in [-0.4, -0.2) is 16.7 Å². The van der Waals surface area contributed by atoms with Crippen molar-refractivity contribution in [1.29, 1.82) is 0 Å². The van der Waals surface area contributed by atoms with E-state index in [1.165, 1.54) is 32.1 Å². The quantitative estimate of drug-likeness (QED) is 0.664. The third-order valence-electron chi connectivity index (χ3n) is 8.36. The summed E-state index contributed by atoms with van der Waals surface area (Å²) in [4.78, 5) is 0. The van der Waals surface area contributed by atoms with Gasteiger partial charge in [-0.15, -0.1) is 0 Å². The molecule has 4 rings (SSSR count). The second-order valence-electron chi connectivity index (χ2n) is 9.41. The Hall–Kier alpha value is -0.340. The van der Waals surface area contributed by atoms with Crippen molar-refractivity contribution in [2.75, 3.05) is 0 Å². The Morgan fingerprint density at radius 3 is 2.64 bits per heavy atom. The monoisotopic (exact) mass is 303 g/mol. The van der Waals surface area contributed by atoms with Gasteiger partial charge in [0.05, 0.1) is 6.10 Å². The number of nitrogens with two attached hydrogens (primary N) is 1. The predicted octanol–water partition coefficient (Wildman–Crippen LogP) is 4.03. The molecule has 0 bridgehead atoms. The molecule has 0 spiro atoms.